The van der Waals surface area contributed by atoms with Crippen molar-refractivity contribution >= 4 is 0 Å². The number of pyridine rings is 1. The van der Waals surface area contributed by atoms with Gasteiger partial charge in [0, 0.05) is 31.0 Å². The van der Waals surface area contributed by atoms with Crippen molar-refractivity contribution in [1.29, 1.82) is 0 Å². The number of nitrogens with two attached hydrogens (primary N) is 1. The van der Waals surface area contributed by atoms with Crippen molar-refractivity contribution in [3.63, 3.8) is 0 Å². The Bertz CT molecular complexity index is 383. The average molecular weight is 261 g/mol. The number of aromatic nitrogens is 1. The van der Waals surface area contributed by atoms with Crippen molar-refractivity contribution in [3.8, 4) is 0 Å². The van der Waals surface area contributed by atoms with Gasteiger partial charge < -0.3 is 5.73 Å². The molecule has 0 saturated heterocycles. The van der Waals surface area contributed by atoms with Crippen LogP contribution in [0, 0.1) is 6.92 Å². The molecule has 19 heavy (non-hydrogen) atoms. The maximum absolute atomic E-state index is 6.01. The Morgan fingerprint density at radius 3 is 2.63 bits per heavy atom. The highest BCUT2D eigenvalue weighted by atomic mass is 15.2. The fourth-order valence-corrected chi connectivity index (χ4v) is 3.08. The molecule has 0 atom stereocenters. The minimum atomic E-state index is 0.431. The summed E-state index contributed by atoms with van der Waals surface area (Å²) >= 11 is 0. The normalized spacial score (nSPS) is 23.8. The SMILES string of the molecule is CCCN(Cc1cncc(C)c1)C1CCC(N)CC1. The molecule has 1 heterocycles. The van der Waals surface area contributed by atoms with Gasteiger partial charge in [-0.15, -0.1) is 0 Å². The molecule has 0 bridgehead atoms. The molecule has 0 aliphatic heterocycles. The van der Waals surface area contributed by atoms with E-state index in [4.69, 9.17) is 5.73 Å². The maximum atomic E-state index is 6.01. The third kappa shape index (κ3) is 4.29. The summed E-state index contributed by atoms with van der Waals surface area (Å²) in [5.41, 5.74) is 8.60. The standard InChI is InChI=1S/C16H27N3/c1-3-8-19(16-6-4-15(17)5-7-16)12-14-9-13(2)10-18-11-14/h9-11,15-16H,3-8,12,17H2,1-2H3. The van der Waals surface area contributed by atoms with E-state index < -0.39 is 0 Å². The summed E-state index contributed by atoms with van der Waals surface area (Å²) in [6, 6.07) is 3.39. The average Bonchev–Trinajstić information content (AvgIpc) is 2.39. The first-order valence-corrected chi connectivity index (χ1v) is 7.59. The van der Waals surface area contributed by atoms with E-state index in [1.807, 2.05) is 12.4 Å². The Morgan fingerprint density at radius 2 is 2.00 bits per heavy atom. The molecule has 1 saturated carbocycles. The molecule has 0 amide bonds. The maximum Gasteiger partial charge on any atom is 0.0313 e. The lowest BCUT2D eigenvalue weighted by Crippen LogP contribution is -2.40. The molecule has 2 N–H and O–H groups in total. The molecular formula is C16H27N3. The molecule has 0 spiro atoms. The van der Waals surface area contributed by atoms with Crippen molar-refractivity contribution in [2.24, 2.45) is 5.73 Å². The zero-order chi connectivity index (χ0) is 13.7. The predicted octanol–water partition coefficient (Wildman–Crippen LogP) is 2.87. The van der Waals surface area contributed by atoms with Gasteiger partial charge >= 0.3 is 0 Å². The summed E-state index contributed by atoms with van der Waals surface area (Å²) in [6.45, 7) is 6.58. The van der Waals surface area contributed by atoms with Crippen LogP contribution in [-0.4, -0.2) is 28.5 Å². The summed E-state index contributed by atoms with van der Waals surface area (Å²) in [6.07, 6.45) is 9.99. The van der Waals surface area contributed by atoms with Crippen LogP contribution in [0.25, 0.3) is 0 Å². The van der Waals surface area contributed by atoms with Crippen LogP contribution in [0.5, 0.6) is 0 Å². The third-order valence-corrected chi connectivity index (χ3v) is 4.09. The van der Waals surface area contributed by atoms with Gasteiger partial charge in [-0.05, 0) is 56.7 Å². The lowest BCUT2D eigenvalue weighted by molar-refractivity contribution is 0.142. The molecule has 1 aromatic heterocycles. The second-order valence-electron chi connectivity index (χ2n) is 5.91. The zero-order valence-electron chi connectivity index (χ0n) is 12.3. The largest absolute Gasteiger partial charge is 0.328 e. The fourth-order valence-electron chi connectivity index (χ4n) is 3.08. The topological polar surface area (TPSA) is 42.2 Å². The first-order valence-electron chi connectivity index (χ1n) is 7.59. The monoisotopic (exact) mass is 261 g/mol. The smallest absolute Gasteiger partial charge is 0.0313 e. The van der Waals surface area contributed by atoms with Crippen LogP contribution in [-0.2, 0) is 6.54 Å². The molecule has 0 unspecified atom stereocenters. The minimum Gasteiger partial charge on any atom is -0.328 e. The molecule has 1 fully saturated rings. The van der Waals surface area contributed by atoms with Crippen LogP contribution in [0.3, 0.4) is 0 Å². The highest BCUT2D eigenvalue weighted by Gasteiger charge is 2.23. The number of aryl methyl sites for hydroxylation is 1. The van der Waals surface area contributed by atoms with Gasteiger partial charge in [-0.2, -0.15) is 0 Å². The molecule has 3 nitrogen and oxygen atoms in total. The van der Waals surface area contributed by atoms with E-state index in [1.54, 1.807) is 0 Å². The molecule has 0 aromatic carbocycles. The lowest BCUT2D eigenvalue weighted by Gasteiger charge is -2.36. The van der Waals surface area contributed by atoms with Crippen molar-refractivity contribution in [1.82, 2.24) is 9.88 Å². The minimum absolute atomic E-state index is 0.431. The summed E-state index contributed by atoms with van der Waals surface area (Å²) in [5, 5.41) is 0. The van der Waals surface area contributed by atoms with Gasteiger partial charge in [-0.25, -0.2) is 0 Å². The molecule has 1 aliphatic carbocycles. The fraction of sp³-hybridized carbons (Fsp3) is 0.688. The second kappa shape index (κ2) is 7.01. The Morgan fingerprint density at radius 1 is 1.26 bits per heavy atom. The first kappa shape index (κ1) is 14.5. The number of nitrogens with zero attached hydrogens (tertiary/aromatic N) is 2. The van der Waals surface area contributed by atoms with E-state index in [-0.39, 0.29) is 0 Å². The molecule has 1 aliphatic rings. The zero-order valence-corrected chi connectivity index (χ0v) is 12.3. The lowest BCUT2D eigenvalue weighted by atomic mass is 9.90. The highest BCUT2D eigenvalue weighted by molar-refractivity contribution is 5.16. The molecule has 2 rings (SSSR count). The number of hydrogen-bond acceptors (Lipinski definition) is 3. The summed E-state index contributed by atoms with van der Waals surface area (Å²) in [4.78, 5) is 6.94. The van der Waals surface area contributed by atoms with Gasteiger partial charge in [0.15, 0.2) is 0 Å². The Balaban J connectivity index is 1.99. The molecule has 106 valence electrons. The van der Waals surface area contributed by atoms with E-state index in [1.165, 1.54) is 49.8 Å². The Kier molecular flexibility index (Phi) is 5.34. The summed E-state index contributed by atoms with van der Waals surface area (Å²) < 4.78 is 0. The second-order valence-corrected chi connectivity index (χ2v) is 5.91. The highest BCUT2D eigenvalue weighted by Crippen LogP contribution is 2.23. The van der Waals surface area contributed by atoms with Gasteiger partial charge in [0.2, 0.25) is 0 Å². The van der Waals surface area contributed by atoms with Crippen molar-refractivity contribution in [2.45, 2.75) is 64.6 Å². The Hall–Kier alpha value is -0.930. The van der Waals surface area contributed by atoms with Crippen LogP contribution in [0.15, 0.2) is 18.5 Å². The first-order chi connectivity index (χ1) is 9.19. The van der Waals surface area contributed by atoms with Crippen LogP contribution < -0.4 is 5.73 Å². The van der Waals surface area contributed by atoms with E-state index in [2.05, 4.69) is 29.8 Å². The molecule has 3 heteroatoms. The van der Waals surface area contributed by atoms with Crippen molar-refractivity contribution in [2.75, 3.05) is 6.54 Å². The van der Waals surface area contributed by atoms with Gasteiger partial charge in [0.1, 0.15) is 0 Å². The van der Waals surface area contributed by atoms with E-state index in [0.29, 0.717) is 12.1 Å². The van der Waals surface area contributed by atoms with Crippen molar-refractivity contribution < 1.29 is 0 Å². The quantitative estimate of drug-likeness (QED) is 0.886. The third-order valence-electron chi connectivity index (χ3n) is 4.09. The summed E-state index contributed by atoms with van der Waals surface area (Å²) in [7, 11) is 0. The van der Waals surface area contributed by atoms with Gasteiger partial charge in [0.05, 0.1) is 0 Å². The predicted molar refractivity (Wildman–Crippen MR) is 79.9 cm³/mol. The summed E-state index contributed by atoms with van der Waals surface area (Å²) in [5.74, 6) is 0. The molecule has 1 aromatic rings. The number of hydrogen-bond donors (Lipinski definition) is 1. The van der Waals surface area contributed by atoms with E-state index in [9.17, 15) is 0 Å². The van der Waals surface area contributed by atoms with Crippen LogP contribution in [0.1, 0.15) is 50.2 Å². The number of rotatable bonds is 5. The van der Waals surface area contributed by atoms with Crippen LogP contribution >= 0.6 is 0 Å². The van der Waals surface area contributed by atoms with Crippen LogP contribution in [0.2, 0.25) is 0 Å². The van der Waals surface area contributed by atoms with Crippen molar-refractivity contribution in [3.05, 3.63) is 29.6 Å². The molecule has 0 radical (unpaired) electrons. The van der Waals surface area contributed by atoms with E-state index in [0.717, 1.165) is 6.54 Å². The van der Waals surface area contributed by atoms with Crippen LogP contribution in [0.4, 0.5) is 0 Å². The Labute approximate surface area is 117 Å². The van der Waals surface area contributed by atoms with Gasteiger partial charge in [-0.3, -0.25) is 9.88 Å². The van der Waals surface area contributed by atoms with E-state index >= 15 is 0 Å². The van der Waals surface area contributed by atoms with Gasteiger partial charge in [0.25, 0.3) is 0 Å². The molecular weight excluding hydrogens is 234 g/mol. The van der Waals surface area contributed by atoms with Gasteiger partial charge in [-0.1, -0.05) is 13.0 Å².